The summed E-state index contributed by atoms with van der Waals surface area (Å²) in [6, 6.07) is 2.05. The molecule has 0 aliphatic heterocycles. The number of rotatable bonds is 1. The predicted octanol–water partition coefficient (Wildman–Crippen LogP) is 1.56. The number of hydrogen-bond donors (Lipinski definition) is 0. The van der Waals surface area contributed by atoms with Crippen molar-refractivity contribution in [1.29, 1.82) is 0 Å². The molecule has 0 fully saturated rings. The van der Waals surface area contributed by atoms with E-state index in [-0.39, 0.29) is 0 Å². The molecule has 2 aromatic heterocycles. The minimum atomic E-state index is 0.431. The van der Waals surface area contributed by atoms with E-state index in [1.54, 1.807) is 4.52 Å². The van der Waals surface area contributed by atoms with Crippen molar-refractivity contribution in [3.63, 3.8) is 0 Å². The van der Waals surface area contributed by atoms with Gasteiger partial charge in [-0.3, -0.25) is 0 Å². The Labute approximate surface area is 76.6 Å². The van der Waals surface area contributed by atoms with E-state index in [4.69, 9.17) is 0 Å². The summed E-state index contributed by atoms with van der Waals surface area (Å²) in [4.78, 5) is 8.45. The smallest absolute Gasteiger partial charge is 0.216 e. The maximum Gasteiger partial charge on any atom is 0.252 e. The zero-order valence-corrected chi connectivity index (χ0v) is 8.02. The van der Waals surface area contributed by atoms with Gasteiger partial charge in [-0.1, -0.05) is 13.8 Å². The molecule has 0 amide bonds. The Kier molecular flexibility index (Phi) is 1.76. The molecule has 68 valence electrons. The summed E-state index contributed by atoms with van der Waals surface area (Å²) in [6.07, 6.45) is 1.53. The monoisotopic (exact) mass is 176 g/mol. The molecular formula is C9H12N4. The van der Waals surface area contributed by atoms with E-state index >= 15 is 0 Å². The average molecular weight is 176 g/mol. The number of nitrogens with zero attached hydrogens (tertiary/aromatic N) is 4. The molecule has 0 N–H and O–H groups in total. The lowest BCUT2D eigenvalue weighted by molar-refractivity contribution is 0.794. The van der Waals surface area contributed by atoms with Crippen molar-refractivity contribution in [3.05, 3.63) is 23.8 Å². The molecule has 0 bridgehead atoms. The molecular weight excluding hydrogens is 164 g/mol. The van der Waals surface area contributed by atoms with Gasteiger partial charge in [0.25, 0.3) is 5.78 Å². The summed E-state index contributed by atoms with van der Waals surface area (Å²) in [5.41, 5.74) is 2.14. The average Bonchev–Trinajstić information content (AvgIpc) is 2.51. The van der Waals surface area contributed by atoms with Gasteiger partial charge in [-0.2, -0.15) is 10.1 Å². The second-order valence-electron chi connectivity index (χ2n) is 3.45. The van der Waals surface area contributed by atoms with Gasteiger partial charge in [0.1, 0.15) is 6.33 Å². The van der Waals surface area contributed by atoms with Gasteiger partial charge in [0.2, 0.25) is 0 Å². The van der Waals surface area contributed by atoms with Crippen molar-refractivity contribution < 1.29 is 0 Å². The summed E-state index contributed by atoms with van der Waals surface area (Å²) in [5, 5.41) is 4.06. The van der Waals surface area contributed by atoms with Gasteiger partial charge in [0.15, 0.2) is 0 Å². The summed E-state index contributed by atoms with van der Waals surface area (Å²) in [7, 11) is 0. The Bertz CT molecular complexity index is 430. The van der Waals surface area contributed by atoms with Crippen molar-refractivity contribution in [2.45, 2.75) is 26.7 Å². The van der Waals surface area contributed by atoms with Crippen molar-refractivity contribution in [1.82, 2.24) is 19.6 Å². The van der Waals surface area contributed by atoms with Gasteiger partial charge < -0.3 is 0 Å². The third-order valence-electron chi connectivity index (χ3n) is 2.04. The van der Waals surface area contributed by atoms with Crippen LogP contribution in [0.4, 0.5) is 0 Å². The Hall–Kier alpha value is -1.45. The fraction of sp³-hybridized carbons (Fsp3) is 0.444. The standard InChI is InChI=1S/C9H12N4/c1-6(2)8-4-7(3)13-9(12-8)10-5-11-13/h4-6H,1-3H3. The highest BCUT2D eigenvalue weighted by Gasteiger charge is 2.06. The van der Waals surface area contributed by atoms with E-state index < -0.39 is 0 Å². The third kappa shape index (κ3) is 1.28. The van der Waals surface area contributed by atoms with Gasteiger partial charge in [-0.05, 0) is 18.9 Å². The molecule has 4 heteroatoms. The molecule has 0 unspecified atom stereocenters. The lowest BCUT2D eigenvalue weighted by atomic mass is 10.1. The molecule has 2 aromatic rings. The van der Waals surface area contributed by atoms with E-state index in [1.165, 1.54) is 6.33 Å². The second kappa shape index (κ2) is 2.80. The van der Waals surface area contributed by atoms with Crippen LogP contribution in [0.2, 0.25) is 0 Å². The Balaban J connectivity index is 2.70. The Morgan fingerprint density at radius 2 is 2.15 bits per heavy atom. The maximum absolute atomic E-state index is 4.38. The second-order valence-corrected chi connectivity index (χ2v) is 3.45. The summed E-state index contributed by atoms with van der Waals surface area (Å²) >= 11 is 0. The molecule has 2 rings (SSSR count). The van der Waals surface area contributed by atoms with Crippen LogP contribution in [0.3, 0.4) is 0 Å². The van der Waals surface area contributed by atoms with Gasteiger partial charge in [-0.15, -0.1) is 0 Å². The number of fused-ring (bicyclic) bond motifs is 1. The molecule has 0 atom stereocenters. The summed E-state index contributed by atoms with van der Waals surface area (Å²) in [5.74, 6) is 1.11. The Morgan fingerprint density at radius 3 is 2.85 bits per heavy atom. The molecule has 0 spiro atoms. The zero-order chi connectivity index (χ0) is 9.42. The molecule has 0 aliphatic rings. The minimum absolute atomic E-state index is 0.431. The van der Waals surface area contributed by atoms with E-state index in [2.05, 4.69) is 28.9 Å². The lowest BCUT2D eigenvalue weighted by Gasteiger charge is -2.05. The third-order valence-corrected chi connectivity index (χ3v) is 2.04. The molecule has 13 heavy (non-hydrogen) atoms. The summed E-state index contributed by atoms with van der Waals surface area (Å²) in [6.45, 7) is 6.25. The minimum Gasteiger partial charge on any atom is -0.216 e. The topological polar surface area (TPSA) is 43.1 Å². The highest BCUT2D eigenvalue weighted by Crippen LogP contribution is 2.13. The van der Waals surface area contributed by atoms with Crippen LogP contribution < -0.4 is 0 Å². The van der Waals surface area contributed by atoms with Gasteiger partial charge >= 0.3 is 0 Å². The van der Waals surface area contributed by atoms with Crippen LogP contribution in [0.5, 0.6) is 0 Å². The Morgan fingerprint density at radius 1 is 1.38 bits per heavy atom. The number of hydrogen-bond acceptors (Lipinski definition) is 3. The molecule has 2 heterocycles. The number of aromatic nitrogens is 4. The molecule has 0 aromatic carbocycles. The van der Waals surface area contributed by atoms with Gasteiger partial charge in [0, 0.05) is 11.4 Å². The first-order valence-electron chi connectivity index (χ1n) is 4.36. The van der Waals surface area contributed by atoms with Crippen LogP contribution in [-0.4, -0.2) is 19.6 Å². The van der Waals surface area contributed by atoms with Gasteiger partial charge in [0.05, 0.1) is 0 Å². The van der Waals surface area contributed by atoms with Crippen LogP contribution in [0.1, 0.15) is 31.2 Å². The lowest BCUT2D eigenvalue weighted by Crippen LogP contribution is -2.01. The van der Waals surface area contributed by atoms with Gasteiger partial charge in [-0.25, -0.2) is 9.50 Å². The van der Waals surface area contributed by atoms with Crippen molar-refractivity contribution >= 4 is 5.78 Å². The molecule has 0 saturated heterocycles. The van der Waals surface area contributed by atoms with Crippen molar-refractivity contribution in [2.75, 3.05) is 0 Å². The van der Waals surface area contributed by atoms with E-state index in [0.29, 0.717) is 11.7 Å². The molecule has 0 saturated carbocycles. The quantitative estimate of drug-likeness (QED) is 0.662. The maximum atomic E-state index is 4.38. The van der Waals surface area contributed by atoms with E-state index in [1.807, 2.05) is 13.0 Å². The first-order valence-corrected chi connectivity index (χ1v) is 4.36. The fourth-order valence-corrected chi connectivity index (χ4v) is 1.28. The highest BCUT2D eigenvalue weighted by molar-refractivity contribution is 5.30. The van der Waals surface area contributed by atoms with Crippen LogP contribution >= 0.6 is 0 Å². The molecule has 0 radical (unpaired) electrons. The molecule has 0 aliphatic carbocycles. The predicted molar refractivity (Wildman–Crippen MR) is 49.6 cm³/mol. The van der Waals surface area contributed by atoms with E-state index in [9.17, 15) is 0 Å². The van der Waals surface area contributed by atoms with Crippen LogP contribution in [0.25, 0.3) is 5.78 Å². The first-order chi connectivity index (χ1) is 6.18. The van der Waals surface area contributed by atoms with E-state index in [0.717, 1.165) is 11.4 Å². The first kappa shape index (κ1) is 8.16. The van der Waals surface area contributed by atoms with Crippen molar-refractivity contribution in [3.8, 4) is 0 Å². The number of aryl methyl sites for hydroxylation is 1. The van der Waals surface area contributed by atoms with Crippen LogP contribution in [0.15, 0.2) is 12.4 Å². The molecule has 4 nitrogen and oxygen atoms in total. The zero-order valence-electron chi connectivity index (χ0n) is 8.02. The largest absolute Gasteiger partial charge is 0.252 e. The van der Waals surface area contributed by atoms with Crippen LogP contribution in [-0.2, 0) is 0 Å². The summed E-state index contributed by atoms with van der Waals surface area (Å²) < 4.78 is 1.74. The SMILES string of the molecule is Cc1cc(C(C)C)nc2ncnn12. The fourth-order valence-electron chi connectivity index (χ4n) is 1.28. The normalized spacial score (nSPS) is 11.4. The highest BCUT2D eigenvalue weighted by atomic mass is 15.3. The van der Waals surface area contributed by atoms with Crippen molar-refractivity contribution in [2.24, 2.45) is 0 Å². The van der Waals surface area contributed by atoms with Crippen LogP contribution in [0, 0.1) is 6.92 Å².